The van der Waals surface area contributed by atoms with Gasteiger partial charge in [0.1, 0.15) is 24.2 Å². The van der Waals surface area contributed by atoms with Gasteiger partial charge in [0.25, 0.3) is 0 Å². The fraction of sp³-hybridized carbons (Fsp3) is 0.625. The summed E-state index contributed by atoms with van der Waals surface area (Å²) in [5.74, 6) is -5.60. The summed E-state index contributed by atoms with van der Waals surface area (Å²) >= 11 is 0. The molecule has 182 valence electrons. The SMILES string of the molecule is NC(=O)C[C@H](NC(=O)[C@@H](N)CO)C(=O)N[C@@H](CO)C(=O)N[C@@H](CCCN=C(N)N)C(=O)O. The zero-order valence-corrected chi connectivity index (χ0v) is 17.2. The predicted octanol–water partition coefficient (Wildman–Crippen LogP) is -6.23. The first-order valence-corrected chi connectivity index (χ1v) is 9.37. The van der Waals surface area contributed by atoms with E-state index in [4.69, 9.17) is 28.0 Å². The smallest absolute Gasteiger partial charge is 0.326 e. The minimum atomic E-state index is -1.61. The van der Waals surface area contributed by atoms with Gasteiger partial charge in [-0.15, -0.1) is 0 Å². The molecule has 32 heavy (non-hydrogen) atoms. The van der Waals surface area contributed by atoms with Crippen LogP contribution < -0.4 is 38.9 Å². The highest BCUT2D eigenvalue weighted by Crippen LogP contribution is 2.01. The number of nitrogens with two attached hydrogens (primary N) is 4. The molecule has 4 amide bonds. The van der Waals surface area contributed by atoms with Gasteiger partial charge in [0.15, 0.2) is 5.96 Å². The molecule has 4 atom stereocenters. The number of carbonyl (C=O) groups is 5. The largest absolute Gasteiger partial charge is 0.480 e. The molecule has 0 saturated heterocycles. The Morgan fingerprint density at radius 3 is 1.81 bits per heavy atom. The van der Waals surface area contributed by atoms with Gasteiger partial charge in [-0.1, -0.05) is 0 Å². The van der Waals surface area contributed by atoms with Crippen molar-refractivity contribution in [2.24, 2.45) is 27.9 Å². The second-order valence-corrected chi connectivity index (χ2v) is 6.61. The molecule has 0 rings (SSSR count). The number of rotatable bonds is 15. The lowest BCUT2D eigenvalue weighted by atomic mass is 10.1. The van der Waals surface area contributed by atoms with Crippen LogP contribution in [0.5, 0.6) is 0 Å². The van der Waals surface area contributed by atoms with E-state index < -0.39 is 73.4 Å². The molecular weight excluding hydrogens is 432 g/mol. The lowest BCUT2D eigenvalue weighted by molar-refractivity contribution is -0.143. The third kappa shape index (κ3) is 11.0. The maximum absolute atomic E-state index is 12.4. The molecule has 0 saturated carbocycles. The van der Waals surface area contributed by atoms with Gasteiger partial charge in [0, 0.05) is 6.54 Å². The first-order chi connectivity index (χ1) is 14.9. The van der Waals surface area contributed by atoms with E-state index in [0.717, 1.165) is 0 Å². The lowest BCUT2D eigenvalue weighted by Crippen LogP contribution is -2.58. The Balaban J connectivity index is 5.15. The van der Waals surface area contributed by atoms with Gasteiger partial charge < -0.3 is 54.2 Å². The number of aliphatic carboxylic acids is 1. The van der Waals surface area contributed by atoms with Crippen molar-refractivity contribution in [2.75, 3.05) is 19.8 Å². The number of aliphatic imine (C=N–C) groups is 1. The minimum absolute atomic E-state index is 0.0522. The topological polar surface area (TPSA) is 299 Å². The van der Waals surface area contributed by atoms with Crippen molar-refractivity contribution >= 4 is 35.6 Å². The Hall–Kier alpha value is -3.50. The molecule has 0 aromatic heterocycles. The van der Waals surface area contributed by atoms with Crippen LogP contribution in [0, 0.1) is 0 Å². The average Bonchev–Trinajstić information content (AvgIpc) is 2.71. The van der Waals surface area contributed by atoms with Crippen molar-refractivity contribution in [1.82, 2.24) is 16.0 Å². The Morgan fingerprint density at radius 1 is 0.812 bits per heavy atom. The number of nitrogens with one attached hydrogen (secondary N) is 3. The van der Waals surface area contributed by atoms with Crippen molar-refractivity contribution in [3.05, 3.63) is 0 Å². The van der Waals surface area contributed by atoms with Crippen molar-refractivity contribution in [3.8, 4) is 0 Å². The maximum atomic E-state index is 12.4. The second-order valence-electron chi connectivity index (χ2n) is 6.61. The van der Waals surface area contributed by atoms with Crippen LogP contribution in [0.2, 0.25) is 0 Å². The third-order valence-electron chi connectivity index (χ3n) is 3.95. The van der Waals surface area contributed by atoms with E-state index in [9.17, 15) is 34.2 Å². The molecular formula is C16H30N8O8. The Bertz CT molecular complexity index is 712. The van der Waals surface area contributed by atoms with Gasteiger partial charge in [-0.3, -0.25) is 24.2 Å². The van der Waals surface area contributed by atoms with Gasteiger partial charge in [0.2, 0.25) is 23.6 Å². The van der Waals surface area contributed by atoms with Crippen LogP contribution in [0.15, 0.2) is 4.99 Å². The third-order valence-corrected chi connectivity index (χ3v) is 3.95. The van der Waals surface area contributed by atoms with Crippen LogP contribution in [-0.4, -0.2) is 94.8 Å². The summed E-state index contributed by atoms with van der Waals surface area (Å²) < 4.78 is 0. The number of amides is 4. The fourth-order valence-electron chi connectivity index (χ4n) is 2.27. The molecule has 16 nitrogen and oxygen atoms in total. The zero-order chi connectivity index (χ0) is 24.8. The normalized spacial score (nSPS) is 14.2. The lowest BCUT2D eigenvalue weighted by Gasteiger charge is -2.23. The molecule has 0 aromatic rings. The molecule has 0 spiro atoms. The summed E-state index contributed by atoms with van der Waals surface area (Å²) in [5, 5.41) is 33.9. The summed E-state index contributed by atoms with van der Waals surface area (Å²) in [4.78, 5) is 62.8. The number of carbonyl (C=O) groups excluding carboxylic acids is 4. The molecule has 0 bridgehead atoms. The van der Waals surface area contributed by atoms with Crippen LogP contribution in [0.3, 0.4) is 0 Å². The number of carboxylic acids is 1. The zero-order valence-electron chi connectivity index (χ0n) is 17.2. The summed E-state index contributed by atoms with van der Waals surface area (Å²) in [6, 6.07) is -5.92. The van der Waals surface area contributed by atoms with Crippen molar-refractivity contribution in [2.45, 2.75) is 43.4 Å². The first-order valence-electron chi connectivity index (χ1n) is 9.37. The van der Waals surface area contributed by atoms with Crippen LogP contribution in [0.25, 0.3) is 0 Å². The Labute approximate surface area is 182 Å². The molecule has 0 aromatic carbocycles. The number of hydrogen-bond acceptors (Lipinski definition) is 9. The molecule has 14 N–H and O–H groups in total. The van der Waals surface area contributed by atoms with Crippen molar-refractivity contribution in [1.29, 1.82) is 0 Å². The number of nitrogens with zero attached hydrogens (tertiary/aromatic N) is 1. The van der Waals surface area contributed by atoms with Gasteiger partial charge in [-0.25, -0.2) is 4.79 Å². The summed E-state index contributed by atoms with van der Waals surface area (Å²) in [6.07, 6.45) is -0.509. The highest BCUT2D eigenvalue weighted by atomic mass is 16.4. The molecule has 0 heterocycles. The van der Waals surface area contributed by atoms with E-state index in [0.29, 0.717) is 0 Å². The number of aliphatic hydroxyl groups excluding tert-OH is 2. The molecule has 0 fully saturated rings. The predicted molar refractivity (Wildman–Crippen MR) is 109 cm³/mol. The maximum Gasteiger partial charge on any atom is 0.326 e. The molecule has 0 aliphatic heterocycles. The summed E-state index contributed by atoms with van der Waals surface area (Å²) in [7, 11) is 0. The number of hydrogen-bond donors (Lipinski definition) is 10. The Kier molecular flexibility index (Phi) is 12.9. The Morgan fingerprint density at radius 2 is 1.34 bits per heavy atom. The number of aliphatic hydroxyl groups is 2. The van der Waals surface area contributed by atoms with Gasteiger partial charge in [0.05, 0.1) is 19.6 Å². The number of primary amides is 1. The van der Waals surface area contributed by atoms with E-state index >= 15 is 0 Å². The molecule has 0 aliphatic rings. The van der Waals surface area contributed by atoms with Crippen molar-refractivity contribution < 1.29 is 39.3 Å². The van der Waals surface area contributed by atoms with Crippen LogP contribution in [0.1, 0.15) is 19.3 Å². The summed E-state index contributed by atoms with van der Waals surface area (Å²) in [6.45, 7) is -1.55. The monoisotopic (exact) mass is 462 g/mol. The molecule has 0 unspecified atom stereocenters. The molecule has 16 heteroatoms. The molecule has 0 radical (unpaired) electrons. The van der Waals surface area contributed by atoms with E-state index in [2.05, 4.69) is 20.9 Å². The van der Waals surface area contributed by atoms with Gasteiger partial charge >= 0.3 is 5.97 Å². The van der Waals surface area contributed by atoms with Crippen molar-refractivity contribution in [3.63, 3.8) is 0 Å². The van der Waals surface area contributed by atoms with E-state index in [1.54, 1.807) is 0 Å². The standard InChI is InChI=1S/C16H30N8O8/c17-7(5-25)12(28)23-9(4-11(18)27)13(29)24-10(6-26)14(30)22-8(15(31)32)2-1-3-21-16(19)20/h7-10,25-26H,1-6,17H2,(H2,18,27)(H,22,30)(H,23,28)(H,24,29)(H,31,32)(H4,19,20,21)/t7-,8-,9-,10-/m0/s1. The summed E-state index contributed by atoms with van der Waals surface area (Å²) in [5.41, 5.74) is 20.7. The van der Waals surface area contributed by atoms with E-state index in [1.165, 1.54) is 0 Å². The quantitative estimate of drug-likeness (QED) is 0.0619. The average molecular weight is 462 g/mol. The molecule has 0 aliphatic carbocycles. The second kappa shape index (κ2) is 14.5. The number of carboxylic acid groups (broad SMARTS) is 1. The first kappa shape index (κ1) is 28.5. The van der Waals surface area contributed by atoms with Crippen LogP contribution >= 0.6 is 0 Å². The number of guanidine groups is 1. The minimum Gasteiger partial charge on any atom is -0.480 e. The highest BCUT2D eigenvalue weighted by Gasteiger charge is 2.30. The van der Waals surface area contributed by atoms with Crippen LogP contribution in [0.4, 0.5) is 0 Å². The fourth-order valence-corrected chi connectivity index (χ4v) is 2.27. The van der Waals surface area contributed by atoms with E-state index in [-0.39, 0.29) is 25.3 Å². The van der Waals surface area contributed by atoms with Gasteiger partial charge in [-0.2, -0.15) is 0 Å². The highest BCUT2D eigenvalue weighted by molar-refractivity contribution is 5.96. The van der Waals surface area contributed by atoms with Crippen LogP contribution in [-0.2, 0) is 24.0 Å². The van der Waals surface area contributed by atoms with E-state index in [1.807, 2.05) is 0 Å². The van der Waals surface area contributed by atoms with Gasteiger partial charge in [-0.05, 0) is 12.8 Å².